The fourth-order valence-corrected chi connectivity index (χ4v) is 2.92. The summed E-state index contributed by atoms with van der Waals surface area (Å²) in [4.78, 5) is 0.00181. The highest BCUT2D eigenvalue weighted by atomic mass is 32.2. The monoisotopic (exact) mass is 274 g/mol. The van der Waals surface area contributed by atoms with Crippen LogP contribution in [0.2, 0.25) is 0 Å². The highest BCUT2D eigenvalue weighted by molar-refractivity contribution is 7.99. The molecule has 17 heavy (non-hydrogen) atoms. The smallest absolute Gasteiger partial charge is 0.245 e. The van der Waals surface area contributed by atoms with Gasteiger partial charge in [0.05, 0.1) is 5.75 Å². The summed E-state index contributed by atoms with van der Waals surface area (Å²) >= 11 is 1.48. The Morgan fingerprint density at radius 1 is 1.71 bits per heavy atom. The molecule has 0 aromatic carbocycles. The van der Waals surface area contributed by atoms with Gasteiger partial charge in [-0.2, -0.15) is 5.10 Å². The van der Waals surface area contributed by atoms with Gasteiger partial charge in [0.15, 0.2) is 5.82 Å². The first-order valence-electron chi connectivity index (χ1n) is 4.77. The summed E-state index contributed by atoms with van der Waals surface area (Å²) in [6.45, 7) is 0.309. The zero-order valence-electron chi connectivity index (χ0n) is 9.38. The van der Waals surface area contributed by atoms with E-state index in [0.717, 1.165) is 0 Å². The number of rotatable bonds is 6. The molecule has 0 aliphatic carbocycles. The van der Waals surface area contributed by atoms with Crippen molar-refractivity contribution in [2.24, 2.45) is 7.05 Å². The van der Waals surface area contributed by atoms with Crippen LogP contribution in [0.5, 0.6) is 0 Å². The lowest BCUT2D eigenvalue weighted by atomic mass is 10.7. The topological polar surface area (TPSA) is 90.0 Å². The van der Waals surface area contributed by atoms with E-state index in [2.05, 4.69) is 15.7 Å². The van der Waals surface area contributed by atoms with Crippen molar-refractivity contribution in [2.45, 2.75) is 4.90 Å². The normalized spacial score (nSPS) is 11.3. The lowest BCUT2D eigenvalue weighted by Gasteiger charge is -2.04. The Morgan fingerprint density at radius 3 is 2.94 bits per heavy atom. The van der Waals surface area contributed by atoms with E-state index in [1.807, 2.05) is 0 Å². The van der Waals surface area contributed by atoms with Gasteiger partial charge in [-0.05, 0) is 0 Å². The van der Waals surface area contributed by atoms with Gasteiger partial charge >= 0.3 is 0 Å². The number of aryl methyl sites for hydroxylation is 1. The molecule has 1 aromatic rings. The summed E-state index contributed by atoms with van der Waals surface area (Å²) in [7, 11) is -1.97. The molecule has 0 amide bonds. The molecule has 0 fully saturated rings. The number of nitrogen functional groups attached to an aromatic ring is 1. The van der Waals surface area contributed by atoms with E-state index < -0.39 is 10.0 Å². The molecule has 0 bridgehead atoms. The Bertz CT molecular complexity index is 516. The molecule has 0 spiro atoms. The highest BCUT2D eigenvalue weighted by Gasteiger charge is 2.19. The molecular weight excluding hydrogens is 260 g/mol. The third-order valence-corrected chi connectivity index (χ3v) is 4.18. The SMILES string of the molecule is C#CCSCCNS(=O)(=O)c1cn(C)nc1N. The van der Waals surface area contributed by atoms with Gasteiger partial charge in [-0.1, -0.05) is 5.92 Å². The van der Waals surface area contributed by atoms with Crippen LogP contribution < -0.4 is 10.5 Å². The Hall–Kier alpha value is -1.17. The number of terminal acetylenes is 1. The van der Waals surface area contributed by atoms with E-state index in [4.69, 9.17) is 12.2 Å². The summed E-state index contributed by atoms with van der Waals surface area (Å²) in [5, 5.41) is 3.78. The molecule has 0 aliphatic rings. The lowest BCUT2D eigenvalue weighted by Crippen LogP contribution is -2.26. The number of anilines is 1. The van der Waals surface area contributed by atoms with Crippen LogP contribution in [0.25, 0.3) is 0 Å². The maximum absolute atomic E-state index is 11.8. The second kappa shape index (κ2) is 5.95. The largest absolute Gasteiger partial charge is 0.381 e. The number of hydrogen-bond acceptors (Lipinski definition) is 5. The van der Waals surface area contributed by atoms with Gasteiger partial charge in [0.2, 0.25) is 10.0 Å². The van der Waals surface area contributed by atoms with Crippen molar-refractivity contribution < 1.29 is 8.42 Å². The Labute approximate surface area is 105 Å². The van der Waals surface area contributed by atoms with Gasteiger partial charge in [0.1, 0.15) is 4.90 Å². The number of nitrogens with zero attached hydrogens (tertiary/aromatic N) is 2. The molecule has 0 unspecified atom stereocenters. The zero-order valence-corrected chi connectivity index (χ0v) is 11.0. The van der Waals surface area contributed by atoms with E-state index in [9.17, 15) is 8.42 Å². The number of nitrogens with one attached hydrogen (secondary N) is 1. The van der Waals surface area contributed by atoms with Crippen molar-refractivity contribution in [2.75, 3.05) is 23.8 Å². The van der Waals surface area contributed by atoms with Crippen LogP contribution in [0.3, 0.4) is 0 Å². The minimum atomic E-state index is -3.58. The average molecular weight is 274 g/mol. The summed E-state index contributed by atoms with van der Waals surface area (Å²) in [6, 6.07) is 0. The molecule has 0 aliphatic heterocycles. The number of aromatic nitrogens is 2. The molecule has 1 rings (SSSR count). The molecular formula is C9H14N4O2S2. The van der Waals surface area contributed by atoms with Crippen molar-refractivity contribution in [3.8, 4) is 12.3 Å². The van der Waals surface area contributed by atoms with Gasteiger partial charge in [-0.3, -0.25) is 4.68 Å². The van der Waals surface area contributed by atoms with E-state index in [-0.39, 0.29) is 10.7 Å². The zero-order chi connectivity index (χ0) is 12.9. The summed E-state index contributed by atoms with van der Waals surface area (Å²) in [5.74, 6) is 3.64. The van der Waals surface area contributed by atoms with Crippen LogP contribution in [-0.4, -0.2) is 36.2 Å². The van der Waals surface area contributed by atoms with Crippen molar-refractivity contribution in [1.29, 1.82) is 0 Å². The molecule has 94 valence electrons. The summed E-state index contributed by atoms with van der Waals surface area (Å²) < 4.78 is 27.4. The van der Waals surface area contributed by atoms with Gasteiger partial charge < -0.3 is 5.73 Å². The van der Waals surface area contributed by atoms with Crippen LogP contribution in [-0.2, 0) is 17.1 Å². The van der Waals surface area contributed by atoms with Gasteiger partial charge in [0, 0.05) is 25.5 Å². The third kappa shape index (κ3) is 3.96. The van der Waals surface area contributed by atoms with Crippen molar-refractivity contribution in [3.63, 3.8) is 0 Å². The first kappa shape index (κ1) is 13.9. The van der Waals surface area contributed by atoms with E-state index in [1.54, 1.807) is 7.05 Å². The molecule has 1 heterocycles. The van der Waals surface area contributed by atoms with E-state index in [1.165, 1.54) is 22.6 Å². The Kier molecular flexibility index (Phi) is 4.86. The van der Waals surface area contributed by atoms with Crippen LogP contribution >= 0.6 is 11.8 Å². The maximum atomic E-state index is 11.8. The molecule has 0 radical (unpaired) electrons. The molecule has 8 heteroatoms. The second-order valence-corrected chi connectivity index (χ2v) is 6.05. The third-order valence-electron chi connectivity index (χ3n) is 1.84. The molecule has 0 atom stereocenters. The molecule has 1 aromatic heterocycles. The fraction of sp³-hybridized carbons (Fsp3) is 0.444. The van der Waals surface area contributed by atoms with Crippen molar-refractivity contribution in [1.82, 2.24) is 14.5 Å². The van der Waals surface area contributed by atoms with E-state index >= 15 is 0 Å². The Morgan fingerprint density at radius 2 is 2.41 bits per heavy atom. The number of thioether (sulfide) groups is 1. The van der Waals surface area contributed by atoms with Gasteiger partial charge in [-0.15, -0.1) is 18.2 Å². The minimum Gasteiger partial charge on any atom is -0.381 e. The summed E-state index contributed by atoms with van der Waals surface area (Å²) in [5.41, 5.74) is 5.50. The molecule has 0 saturated heterocycles. The number of sulfonamides is 1. The van der Waals surface area contributed by atoms with Crippen LogP contribution in [0.4, 0.5) is 5.82 Å². The number of nitrogens with two attached hydrogens (primary N) is 1. The highest BCUT2D eigenvalue weighted by Crippen LogP contribution is 2.14. The average Bonchev–Trinajstić information content (AvgIpc) is 2.58. The predicted molar refractivity (Wildman–Crippen MR) is 69.0 cm³/mol. The first-order chi connectivity index (χ1) is 7.97. The maximum Gasteiger partial charge on any atom is 0.245 e. The fourth-order valence-electron chi connectivity index (χ4n) is 1.15. The van der Waals surface area contributed by atoms with E-state index in [0.29, 0.717) is 18.1 Å². The van der Waals surface area contributed by atoms with Crippen molar-refractivity contribution in [3.05, 3.63) is 6.20 Å². The minimum absolute atomic E-state index is 0.00181. The Balaban J connectivity index is 2.58. The van der Waals surface area contributed by atoms with Gasteiger partial charge in [0.25, 0.3) is 0 Å². The summed E-state index contributed by atoms with van der Waals surface area (Å²) in [6.07, 6.45) is 6.44. The predicted octanol–water partition coefficient (Wildman–Crippen LogP) is -0.353. The first-order valence-corrected chi connectivity index (χ1v) is 7.41. The molecule has 3 N–H and O–H groups in total. The van der Waals surface area contributed by atoms with Crippen LogP contribution in [0.15, 0.2) is 11.1 Å². The molecule has 6 nitrogen and oxygen atoms in total. The van der Waals surface area contributed by atoms with Crippen molar-refractivity contribution >= 4 is 27.6 Å². The quantitative estimate of drug-likeness (QED) is 0.546. The van der Waals surface area contributed by atoms with Gasteiger partial charge in [-0.25, -0.2) is 13.1 Å². The standard InChI is InChI=1S/C9H14N4O2S2/c1-3-5-16-6-4-11-17(14,15)8-7-13(2)12-9(8)10/h1,7,11H,4-6H2,2H3,(H2,10,12). The van der Waals surface area contributed by atoms with Crippen LogP contribution in [0, 0.1) is 12.3 Å². The number of hydrogen-bond donors (Lipinski definition) is 2. The second-order valence-electron chi connectivity index (χ2n) is 3.21. The van der Waals surface area contributed by atoms with Crippen LogP contribution in [0.1, 0.15) is 0 Å². The lowest BCUT2D eigenvalue weighted by molar-refractivity contribution is 0.584. The molecule has 0 saturated carbocycles.